The standard InChI is InChI=1S/C13H17N3/c1-11(7-6-10-14)12(2)15-16-13-8-4-3-5-9-13/h3-5,8-9,11,16H,6-7H2,1-2H3. The molecule has 0 fully saturated rings. The minimum Gasteiger partial charge on any atom is -0.279 e. The minimum atomic E-state index is 0.343. The second-order valence-electron chi connectivity index (χ2n) is 3.83. The molecule has 1 atom stereocenters. The van der Waals surface area contributed by atoms with Crippen molar-refractivity contribution in [3.63, 3.8) is 0 Å². The first kappa shape index (κ1) is 12.3. The van der Waals surface area contributed by atoms with Gasteiger partial charge in [0.25, 0.3) is 0 Å². The lowest BCUT2D eigenvalue weighted by Crippen LogP contribution is -2.08. The van der Waals surface area contributed by atoms with E-state index in [1.807, 2.05) is 37.3 Å². The van der Waals surface area contributed by atoms with Crippen LogP contribution in [0, 0.1) is 17.2 Å². The highest BCUT2D eigenvalue weighted by Gasteiger charge is 2.04. The number of nitrogens with one attached hydrogen (secondary N) is 1. The molecule has 0 bridgehead atoms. The van der Waals surface area contributed by atoms with E-state index in [4.69, 9.17) is 5.26 Å². The van der Waals surface area contributed by atoms with E-state index >= 15 is 0 Å². The molecule has 3 heteroatoms. The molecule has 0 aliphatic heterocycles. The molecule has 0 spiro atoms. The van der Waals surface area contributed by atoms with Crippen molar-refractivity contribution in [2.75, 3.05) is 5.43 Å². The van der Waals surface area contributed by atoms with Gasteiger partial charge in [-0.1, -0.05) is 25.1 Å². The number of hydrogen-bond donors (Lipinski definition) is 1. The lowest BCUT2D eigenvalue weighted by atomic mass is 10.0. The number of hydrazone groups is 1. The van der Waals surface area contributed by atoms with E-state index in [1.54, 1.807) is 0 Å². The number of benzene rings is 1. The van der Waals surface area contributed by atoms with Crippen molar-refractivity contribution in [1.82, 2.24) is 0 Å². The summed E-state index contributed by atoms with van der Waals surface area (Å²) >= 11 is 0. The molecule has 1 unspecified atom stereocenters. The molecule has 0 saturated heterocycles. The van der Waals surface area contributed by atoms with Crippen LogP contribution in [0.3, 0.4) is 0 Å². The smallest absolute Gasteiger partial charge is 0.0621 e. The lowest BCUT2D eigenvalue weighted by molar-refractivity contribution is 0.694. The second-order valence-corrected chi connectivity index (χ2v) is 3.83. The maximum absolute atomic E-state index is 8.50. The predicted molar refractivity (Wildman–Crippen MR) is 67.2 cm³/mol. The third-order valence-electron chi connectivity index (χ3n) is 2.54. The van der Waals surface area contributed by atoms with Crippen molar-refractivity contribution < 1.29 is 0 Å². The molecule has 0 saturated carbocycles. The maximum Gasteiger partial charge on any atom is 0.0621 e. The zero-order valence-electron chi connectivity index (χ0n) is 9.77. The number of nitrogens with zero attached hydrogens (tertiary/aromatic N) is 2. The summed E-state index contributed by atoms with van der Waals surface area (Å²) in [6.07, 6.45) is 1.45. The highest BCUT2D eigenvalue weighted by Crippen LogP contribution is 2.09. The van der Waals surface area contributed by atoms with E-state index in [2.05, 4.69) is 23.5 Å². The first-order valence-corrected chi connectivity index (χ1v) is 5.46. The summed E-state index contributed by atoms with van der Waals surface area (Å²) in [5, 5.41) is 12.8. The van der Waals surface area contributed by atoms with Crippen LogP contribution in [-0.2, 0) is 0 Å². The molecule has 1 N–H and O–H groups in total. The summed E-state index contributed by atoms with van der Waals surface area (Å²) in [6.45, 7) is 4.07. The highest BCUT2D eigenvalue weighted by molar-refractivity contribution is 5.84. The average Bonchev–Trinajstić information content (AvgIpc) is 2.34. The molecule has 0 aromatic heterocycles. The van der Waals surface area contributed by atoms with E-state index in [9.17, 15) is 0 Å². The number of anilines is 1. The van der Waals surface area contributed by atoms with Crippen molar-refractivity contribution in [2.45, 2.75) is 26.7 Å². The second kappa shape index (κ2) is 6.62. The topological polar surface area (TPSA) is 48.2 Å². The summed E-state index contributed by atoms with van der Waals surface area (Å²) in [4.78, 5) is 0. The quantitative estimate of drug-likeness (QED) is 0.604. The monoisotopic (exact) mass is 215 g/mol. The van der Waals surface area contributed by atoms with Crippen LogP contribution in [0.2, 0.25) is 0 Å². The van der Waals surface area contributed by atoms with Crippen LogP contribution in [-0.4, -0.2) is 5.71 Å². The molecule has 1 aromatic carbocycles. The van der Waals surface area contributed by atoms with Gasteiger partial charge >= 0.3 is 0 Å². The summed E-state index contributed by atoms with van der Waals surface area (Å²) < 4.78 is 0. The van der Waals surface area contributed by atoms with Crippen LogP contribution < -0.4 is 5.43 Å². The number of rotatable bonds is 5. The molecule has 0 aliphatic carbocycles. The van der Waals surface area contributed by atoms with Crippen LogP contribution in [0.5, 0.6) is 0 Å². The molecule has 16 heavy (non-hydrogen) atoms. The van der Waals surface area contributed by atoms with Gasteiger partial charge in [0.05, 0.1) is 11.8 Å². The lowest BCUT2D eigenvalue weighted by Gasteiger charge is -2.09. The Hall–Kier alpha value is -1.82. The molecule has 1 rings (SSSR count). The first-order valence-electron chi connectivity index (χ1n) is 5.46. The molecule has 0 heterocycles. The summed E-state index contributed by atoms with van der Waals surface area (Å²) in [5.74, 6) is 0.343. The Morgan fingerprint density at radius 3 is 2.75 bits per heavy atom. The van der Waals surface area contributed by atoms with Crippen LogP contribution in [0.15, 0.2) is 35.4 Å². The molecule has 0 amide bonds. The molecule has 84 valence electrons. The van der Waals surface area contributed by atoms with Crippen molar-refractivity contribution in [3.8, 4) is 6.07 Å². The van der Waals surface area contributed by atoms with Gasteiger partial charge in [0, 0.05) is 12.1 Å². The normalized spacial score (nSPS) is 12.9. The van der Waals surface area contributed by atoms with Crippen LogP contribution in [0.1, 0.15) is 26.7 Å². The van der Waals surface area contributed by atoms with Gasteiger partial charge < -0.3 is 0 Å². The minimum absolute atomic E-state index is 0.343. The number of nitriles is 1. The van der Waals surface area contributed by atoms with Crippen molar-refractivity contribution in [1.29, 1.82) is 5.26 Å². The molecule has 1 aromatic rings. The van der Waals surface area contributed by atoms with E-state index in [0.717, 1.165) is 17.8 Å². The predicted octanol–water partition coefficient (Wildman–Crippen LogP) is 3.41. The van der Waals surface area contributed by atoms with E-state index in [1.165, 1.54) is 0 Å². The summed E-state index contributed by atoms with van der Waals surface area (Å²) in [7, 11) is 0. The fraction of sp³-hybridized carbons (Fsp3) is 0.385. The van der Waals surface area contributed by atoms with Gasteiger partial charge in [0.1, 0.15) is 0 Å². The van der Waals surface area contributed by atoms with E-state index in [-0.39, 0.29) is 0 Å². The van der Waals surface area contributed by atoms with Gasteiger partial charge in [-0.3, -0.25) is 5.43 Å². The fourth-order valence-corrected chi connectivity index (χ4v) is 1.27. The Morgan fingerprint density at radius 1 is 1.44 bits per heavy atom. The maximum atomic E-state index is 8.50. The van der Waals surface area contributed by atoms with Crippen molar-refractivity contribution in [2.24, 2.45) is 11.0 Å². The zero-order valence-corrected chi connectivity index (χ0v) is 9.77. The van der Waals surface area contributed by atoms with Gasteiger partial charge in [-0.25, -0.2) is 0 Å². The first-order chi connectivity index (χ1) is 7.74. The average molecular weight is 215 g/mol. The Bertz CT molecular complexity index is 376. The molecular formula is C13H17N3. The number of hydrogen-bond acceptors (Lipinski definition) is 3. The molecule has 3 nitrogen and oxygen atoms in total. The Morgan fingerprint density at radius 2 is 2.12 bits per heavy atom. The summed E-state index contributed by atoms with van der Waals surface area (Å²) in [6, 6.07) is 12.0. The van der Waals surface area contributed by atoms with E-state index < -0.39 is 0 Å². The highest BCUT2D eigenvalue weighted by atomic mass is 15.3. The Labute approximate surface area is 96.8 Å². The van der Waals surface area contributed by atoms with E-state index in [0.29, 0.717) is 12.3 Å². The molecule has 0 radical (unpaired) electrons. The zero-order chi connectivity index (χ0) is 11.8. The van der Waals surface area contributed by atoms with Crippen molar-refractivity contribution in [3.05, 3.63) is 30.3 Å². The van der Waals surface area contributed by atoms with Gasteiger partial charge in [0.2, 0.25) is 0 Å². The largest absolute Gasteiger partial charge is 0.279 e. The number of para-hydroxylation sites is 1. The summed E-state index contributed by atoms with van der Waals surface area (Å²) in [5.41, 5.74) is 5.01. The van der Waals surface area contributed by atoms with Gasteiger partial charge in [-0.2, -0.15) is 10.4 Å². The SMILES string of the molecule is CC(=NNc1ccccc1)C(C)CCC#N. The van der Waals surface area contributed by atoms with Crippen LogP contribution >= 0.6 is 0 Å². The van der Waals surface area contributed by atoms with Gasteiger partial charge in [-0.05, 0) is 31.4 Å². The van der Waals surface area contributed by atoms with Crippen molar-refractivity contribution >= 4 is 11.4 Å². The third kappa shape index (κ3) is 4.14. The van der Waals surface area contributed by atoms with Gasteiger partial charge in [-0.15, -0.1) is 0 Å². The molecular weight excluding hydrogens is 198 g/mol. The van der Waals surface area contributed by atoms with Crippen LogP contribution in [0.4, 0.5) is 5.69 Å². The van der Waals surface area contributed by atoms with Crippen LogP contribution in [0.25, 0.3) is 0 Å². The molecule has 0 aliphatic rings. The Balaban J connectivity index is 2.48. The third-order valence-corrected chi connectivity index (χ3v) is 2.54. The Kier molecular flexibility index (Phi) is 5.07. The fourth-order valence-electron chi connectivity index (χ4n) is 1.27. The van der Waals surface area contributed by atoms with Gasteiger partial charge in [0.15, 0.2) is 0 Å².